The van der Waals surface area contributed by atoms with Gasteiger partial charge in [-0.3, -0.25) is 9.59 Å². The molecule has 2 aliphatic rings. The lowest BCUT2D eigenvalue weighted by Crippen LogP contribution is -2.25. The number of ketones is 1. The Balaban J connectivity index is 1.82. The van der Waals surface area contributed by atoms with E-state index >= 15 is 0 Å². The normalized spacial score (nSPS) is 25.7. The van der Waals surface area contributed by atoms with E-state index in [1.807, 2.05) is 0 Å². The highest BCUT2D eigenvalue weighted by atomic mass is 32.2. The summed E-state index contributed by atoms with van der Waals surface area (Å²) in [6.45, 7) is 1.39. The highest BCUT2D eigenvalue weighted by molar-refractivity contribution is 8.00. The van der Waals surface area contributed by atoms with Crippen LogP contribution in [0.1, 0.15) is 44.1 Å². The second-order valence-electron chi connectivity index (χ2n) is 5.97. The number of hydrogen-bond acceptors (Lipinski definition) is 4. The van der Waals surface area contributed by atoms with E-state index in [1.165, 1.54) is 24.8 Å². The summed E-state index contributed by atoms with van der Waals surface area (Å²) < 4.78 is 19.4. The highest BCUT2D eigenvalue weighted by Gasteiger charge is 2.43. The largest absolute Gasteiger partial charge is 0.451 e. The van der Waals surface area contributed by atoms with Gasteiger partial charge in [0.2, 0.25) is 0 Å². The molecule has 1 saturated carbocycles. The fourth-order valence-corrected chi connectivity index (χ4v) is 4.60. The molecule has 0 radical (unpaired) electrons. The van der Waals surface area contributed by atoms with Crippen molar-refractivity contribution in [1.29, 1.82) is 0 Å². The summed E-state index contributed by atoms with van der Waals surface area (Å²) in [5.74, 6) is -0.838. The number of rotatable bonds is 5. The van der Waals surface area contributed by atoms with Crippen LogP contribution in [-0.2, 0) is 14.3 Å². The van der Waals surface area contributed by atoms with Gasteiger partial charge >= 0.3 is 5.97 Å². The lowest BCUT2D eigenvalue weighted by Gasteiger charge is -2.23. The van der Waals surface area contributed by atoms with Gasteiger partial charge in [0.25, 0.3) is 0 Å². The molecule has 1 aromatic carbocycles. The molecule has 3 unspecified atom stereocenters. The van der Waals surface area contributed by atoms with E-state index < -0.39 is 5.92 Å². The van der Waals surface area contributed by atoms with Crippen LogP contribution in [0.4, 0.5) is 4.39 Å². The lowest BCUT2D eigenvalue weighted by atomic mass is 9.87. The van der Waals surface area contributed by atoms with Gasteiger partial charge < -0.3 is 4.74 Å². The zero-order chi connectivity index (χ0) is 15.7. The fourth-order valence-electron chi connectivity index (χ4n) is 3.03. The molecule has 0 amide bonds. The summed E-state index contributed by atoms with van der Waals surface area (Å²) in [5.41, 5.74) is 0.268. The first-order chi connectivity index (χ1) is 10.6. The highest BCUT2D eigenvalue weighted by Crippen LogP contribution is 2.46. The summed E-state index contributed by atoms with van der Waals surface area (Å²) in [4.78, 5) is 23.8. The Morgan fingerprint density at radius 1 is 1.23 bits per heavy atom. The second-order valence-corrected chi connectivity index (χ2v) is 7.37. The maximum Gasteiger partial charge on any atom is 0.303 e. The Morgan fingerprint density at radius 2 is 1.95 bits per heavy atom. The van der Waals surface area contributed by atoms with E-state index in [0.29, 0.717) is 5.56 Å². The van der Waals surface area contributed by atoms with E-state index in [2.05, 4.69) is 0 Å². The van der Waals surface area contributed by atoms with Gasteiger partial charge in [0.05, 0.1) is 5.92 Å². The number of esters is 1. The number of halogens is 1. The molecule has 2 fully saturated rings. The molecular weight excluding hydrogens is 303 g/mol. The Bertz CT molecular complexity index is 585. The molecule has 22 heavy (non-hydrogen) atoms. The van der Waals surface area contributed by atoms with Gasteiger partial charge in [0, 0.05) is 18.1 Å². The molecule has 0 bridgehead atoms. The predicted octanol–water partition coefficient (Wildman–Crippen LogP) is 3.67. The Hall–Kier alpha value is -1.36. The van der Waals surface area contributed by atoms with E-state index in [1.54, 1.807) is 18.2 Å². The van der Waals surface area contributed by atoms with Crippen molar-refractivity contribution in [3.8, 4) is 0 Å². The molecule has 5 heteroatoms. The van der Waals surface area contributed by atoms with Crippen LogP contribution in [0.25, 0.3) is 0 Å². The average molecular weight is 322 g/mol. The molecule has 0 spiro atoms. The van der Waals surface area contributed by atoms with Gasteiger partial charge in [0.1, 0.15) is 17.0 Å². The summed E-state index contributed by atoms with van der Waals surface area (Å²) in [7, 11) is 0. The van der Waals surface area contributed by atoms with Crippen molar-refractivity contribution < 1.29 is 18.7 Å². The van der Waals surface area contributed by atoms with Gasteiger partial charge in [-0.05, 0) is 37.3 Å². The first kappa shape index (κ1) is 15.5. The number of carbonyl (C=O) groups is 2. The van der Waals surface area contributed by atoms with Crippen LogP contribution in [0, 0.1) is 11.7 Å². The van der Waals surface area contributed by atoms with E-state index in [-0.39, 0.29) is 34.2 Å². The maximum atomic E-state index is 14.2. The molecule has 3 atom stereocenters. The molecule has 0 aromatic heterocycles. The molecule has 1 aliphatic carbocycles. The SMILES string of the molecule is CC(=O)OC1CCC(C(C(=O)C2CC2)c2ccccc2F)S1. The minimum absolute atomic E-state index is 0.0191. The van der Waals surface area contributed by atoms with E-state index in [9.17, 15) is 14.0 Å². The molecule has 3 nitrogen and oxygen atoms in total. The number of thioether (sulfide) groups is 1. The Morgan fingerprint density at radius 3 is 2.59 bits per heavy atom. The van der Waals surface area contributed by atoms with Crippen LogP contribution < -0.4 is 0 Å². The molecule has 1 aromatic rings. The van der Waals surface area contributed by atoms with Gasteiger partial charge in [-0.25, -0.2) is 4.39 Å². The molecule has 1 heterocycles. The number of hydrogen-bond donors (Lipinski definition) is 0. The molecule has 3 rings (SSSR count). The third-order valence-corrected chi connectivity index (χ3v) is 5.70. The Labute approximate surface area is 133 Å². The first-order valence-corrected chi connectivity index (χ1v) is 8.61. The number of carbonyl (C=O) groups excluding carboxylic acids is 2. The number of benzene rings is 1. The zero-order valence-corrected chi connectivity index (χ0v) is 13.3. The quantitative estimate of drug-likeness (QED) is 0.776. The van der Waals surface area contributed by atoms with Crippen molar-refractivity contribution in [1.82, 2.24) is 0 Å². The van der Waals surface area contributed by atoms with Crippen molar-refractivity contribution >= 4 is 23.5 Å². The smallest absolute Gasteiger partial charge is 0.303 e. The minimum Gasteiger partial charge on any atom is -0.451 e. The third-order valence-electron chi connectivity index (χ3n) is 4.21. The molecule has 1 saturated heterocycles. The average Bonchev–Trinajstić information content (AvgIpc) is 3.23. The van der Waals surface area contributed by atoms with Crippen LogP contribution >= 0.6 is 11.8 Å². The van der Waals surface area contributed by atoms with Crippen LogP contribution in [0.2, 0.25) is 0 Å². The lowest BCUT2D eigenvalue weighted by molar-refractivity contribution is -0.142. The van der Waals surface area contributed by atoms with Crippen molar-refractivity contribution in [2.24, 2.45) is 5.92 Å². The van der Waals surface area contributed by atoms with Crippen molar-refractivity contribution in [3.05, 3.63) is 35.6 Å². The van der Waals surface area contributed by atoms with Gasteiger partial charge in [-0.15, -0.1) is 11.8 Å². The van der Waals surface area contributed by atoms with E-state index in [0.717, 1.165) is 25.7 Å². The van der Waals surface area contributed by atoms with Gasteiger partial charge in [-0.1, -0.05) is 18.2 Å². The summed E-state index contributed by atoms with van der Waals surface area (Å²) in [5, 5.41) is -0.0191. The zero-order valence-electron chi connectivity index (χ0n) is 12.5. The van der Waals surface area contributed by atoms with Gasteiger partial charge in [-0.2, -0.15) is 0 Å². The standard InChI is InChI=1S/C17H19FO3S/c1-10(19)21-15-9-8-14(22-15)16(17(20)11-6-7-11)12-4-2-3-5-13(12)18/h2-5,11,14-16H,6-9H2,1H3. The predicted molar refractivity (Wildman–Crippen MR) is 83.0 cm³/mol. The van der Waals surface area contributed by atoms with Crippen LogP contribution in [0.15, 0.2) is 24.3 Å². The molecule has 0 N–H and O–H groups in total. The van der Waals surface area contributed by atoms with E-state index in [4.69, 9.17) is 4.74 Å². The molecule has 118 valence electrons. The van der Waals surface area contributed by atoms with Crippen molar-refractivity contribution in [2.75, 3.05) is 0 Å². The Kier molecular flexibility index (Phi) is 4.52. The fraction of sp³-hybridized carbons (Fsp3) is 0.529. The number of Topliss-reactive ketones (excluding diaryl/α,β-unsaturated/α-hetero) is 1. The van der Waals surface area contributed by atoms with Crippen molar-refractivity contribution in [2.45, 2.75) is 49.2 Å². The molecular formula is C17H19FO3S. The topological polar surface area (TPSA) is 43.4 Å². The third kappa shape index (κ3) is 3.35. The minimum atomic E-state index is -0.431. The van der Waals surface area contributed by atoms with Crippen LogP contribution in [0.3, 0.4) is 0 Å². The van der Waals surface area contributed by atoms with Crippen LogP contribution in [-0.4, -0.2) is 22.4 Å². The monoisotopic (exact) mass is 322 g/mol. The summed E-state index contributed by atoms with van der Waals surface area (Å²) >= 11 is 1.49. The second kappa shape index (κ2) is 6.41. The summed E-state index contributed by atoms with van der Waals surface area (Å²) in [6, 6.07) is 6.53. The summed E-state index contributed by atoms with van der Waals surface area (Å²) in [6.07, 6.45) is 3.31. The molecule has 1 aliphatic heterocycles. The first-order valence-electron chi connectivity index (χ1n) is 7.67. The number of ether oxygens (including phenoxy) is 1. The maximum absolute atomic E-state index is 14.2. The van der Waals surface area contributed by atoms with Gasteiger partial charge in [0.15, 0.2) is 0 Å². The van der Waals surface area contributed by atoms with Crippen molar-refractivity contribution in [3.63, 3.8) is 0 Å². The van der Waals surface area contributed by atoms with Crippen LogP contribution in [0.5, 0.6) is 0 Å².